The molecule has 0 aromatic heterocycles. The van der Waals surface area contributed by atoms with Crippen molar-refractivity contribution in [1.82, 2.24) is 5.32 Å². The first-order valence-corrected chi connectivity index (χ1v) is 11.1. The molecule has 0 amide bonds. The van der Waals surface area contributed by atoms with Crippen LogP contribution >= 0.6 is 24.0 Å². The monoisotopic (exact) mass is 494 g/mol. The van der Waals surface area contributed by atoms with Crippen LogP contribution in [-0.2, 0) is 11.2 Å². The maximum atomic E-state index is 11.7. The summed E-state index contributed by atoms with van der Waals surface area (Å²) in [6, 6.07) is 14.5. The molecule has 0 spiro atoms. The van der Waals surface area contributed by atoms with E-state index in [1.807, 2.05) is 18.2 Å². The van der Waals surface area contributed by atoms with Crippen LogP contribution in [0.3, 0.4) is 0 Å². The molecule has 2 rings (SSSR count). The molecule has 8 heteroatoms. The van der Waals surface area contributed by atoms with E-state index in [-0.39, 0.29) is 36.1 Å². The second-order valence-corrected chi connectivity index (χ2v) is 8.63. The van der Waals surface area contributed by atoms with Crippen LogP contribution in [-0.4, -0.2) is 42.5 Å². The van der Waals surface area contributed by atoms with Crippen molar-refractivity contribution in [2.24, 2.45) is 0 Å². The van der Waals surface area contributed by atoms with E-state index >= 15 is 0 Å². The molecule has 0 fully saturated rings. The molecule has 0 aliphatic carbocycles. The van der Waals surface area contributed by atoms with Gasteiger partial charge in [-0.15, -0.1) is 12.4 Å². The van der Waals surface area contributed by atoms with Crippen LogP contribution in [0.4, 0.5) is 0 Å². The molecular formula is C25H32Cl2N2O4. The zero-order valence-electron chi connectivity index (χ0n) is 19.3. The number of ether oxygens (including phenoxy) is 2. The first kappa shape index (κ1) is 28.7. The van der Waals surface area contributed by atoms with Gasteiger partial charge in [0.2, 0.25) is 0 Å². The normalized spacial score (nSPS) is 11.8. The Morgan fingerprint density at radius 1 is 1.24 bits per heavy atom. The fourth-order valence-corrected chi connectivity index (χ4v) is 3.43. The highest BCUT2D eigenvalue weighted by molar-refractivity contribution is 6.31. The van der Waals surface area contributed by atoms with Crippen molar-refractivity contribution in [3.8, 4) is 11.8 Å². The van der Waals surface area contributed by atoms with Crippen LogP contribution in [0.1, 0.15) is 55.1 Å². The number of rotatable bonds is 12. The third-order valence-electron chi connectivity index (χ3n) is 5.07. The topological polar surface area (TPSA) is 91.6 Å². The first-order chi connectivity index (χ1) is 15.3. The SMILES string of the molecule is CCOC(=O)c1ccc(CCCC(C)(C)NCC(O)COc2cccc(Cl)c2C#N)cc1.Cl. The quantitative estimate of drug-likeness (QED) is 0.406. The van der Waals surface area contributed by atoms with E-state index in [9.17, 15) is 15.2 Å². The van der Waals surface area contributed by atoms with Crippen LogP contribution < -0.4 is 10.1 Å². The van der Waals surface area contributed by atoms with Gasteiger partial charge in [-0.25, -0.2) is 4.79 Å². The third kappa shape index (κ3) is 9.61. The van der Waals surface area contributed by atoms with Crippen molar-refractivity contribution in [2.45, 2.75) is 51.7 Å². The summed E-state index contributed by atoms with van der Waals surface area (Å²) in [6.07, 6.45) is 2.04. The average Bonchev–Trinajstić information content (AvgIpc) is 2.77. The van der Waals surface area contributed by atoms with Gasteiger partial charge in [-0.2, -0.15) is 5.26 Å². The molecular weight excluding hydrogens is 463 g/mol. The van der Waals surface area contributed by atoms with Gasteiger partial charge in [0.25, 0.3) is 0 Å². The summed E-state index contributed by atoms with van der Waals surface area (Å²) in [6.45, 7) is 6.77. The van der Waals surface area contributed by atoms with E-state index in [0.29, 0.717) is 29.5 Å². The summed E-state index contributed by atoms with van der Waals surface area (Å²) in [5, 5.41) is 23.2. The second-order valence-electron chi connectivity index (χ2n) is 8.23. The van der Waals surface area contributed by atoms with Crippen molar-refractivity contribution in [3.63, 3.8) is 0 Å². The first-order valence-electron chi connectivity index (χ1n) is 10.8. The minimum atomic E-state index is -0.727. The number of aliphatic hydroxyl groups excluding tert-OH is 1. The molecule has 0 aliphatic rings. The minimum Gasteiger partial charge on any atom is -0.489 e. The predicted octanol–water partition coefficient (Wildman–Crippen LogP) is 4.94. The maximum Gasteiger partial charge on any atom is 0.338 e. The Labute approximate surface area is 207 Å². The summed E-state index contributed by atoms with van der Waals surface area (Å²) in [4.78, 5) is 11.7. The highest BCUT2D eigenvalue weighted by Crippen LogP contribution is 2.25. The van der Waals surface area contributed by atoms with Gasteiger partial charge in [0.15, 0.2) is 0 Å². The highest BCUT2D eigenvalue weighted by Gasteiger charge is 2.19. The number of aryl methyl sites for hydroxylation is 1. The Morgan fingerprint density at radius 3 is 2.58 bits per heavy atom. The second kappa shape index (κ2) is 14.1. The van der Waals surface area contributed by atoms with Gasteiger partial charge in [-0.1, -0.05) is 29.8 Å². The van der Waals surface area contributed by atoms with Gasteiger partial charge >= 0.3 is 5.97 Å². The molecule has 0 aliphatic heterocycles. The van der Waals surface area contributed by atoms with Crippen molar-refractivity contribution < 1.29 is 19.4 Å². The van der Waals surface area contributed by atoms with Crippen molar-refractivity contribution in [1.29, 1.82) is 5.26 Å². The Bertz CT molecular complexity index is 927. The lowest BCUT2D eigenvalue weighted by atomic mass is 9.95. The number of nitriles is 1. The Kier molecular flexibility index (Phi) is 12.2. The predicted molar refractivity (Wildman–Crippen MR) is 132 cm³/mol. The standard InChI is InChI=1S/C25H31ClN2O4.ClH/c1-4-31-24(30)19-12-10-18(11-13-19)7-6-14-25(2,3)28-16-20(29)17-32-23-9-5-8-22(26)21(23)15-27;/h5,8-13,20,28-29H,4,6-7,14,16-17H2,1-3H3;1H. The lowest BCUT2D eigenvalue weighted by molar-refractivity contribution is 0.0526. The molecule has 33 heavy (non-hydrogen) atoms. The number of hydrogen-bond acceptors (Lipinski definition) is 6. The van der Waals surface area contributed by atoms with Crippen molar-refractivity contribution >= 4 is 30.0 Å². The molecule has 2 aromatic rings. The lowest BCUT2D eigenvalue weighted by Crippen LogP contribution is -2.44. The zero-order valence-corrected chi connectivity index (χ0v) is 20.8. The molecule has 0 saturated carbocycles. The third-order valence-corrected chi connectivity index (χ3v) is 5.38. The van der Waals surface area contributed by atoms with E-state index < -0.39 is 6.10 Å². The minimum absolute atomic E-state index is 0. The van der Waals surface area contributed by atoms with E-state index in [2.05, 4.69) is 19.2 Å². The number of carbonyl (C=O) groups is 1. The number of esters is 1. The number of halogens is 2. The summed E-state index contributed by atoms with van der Waals surface area (Å²) in [5.74, 6) is 0.0680. The van der Waals surface area contributed by atoms with E-state index in [0.717, 1.165) is 24.8 Å². The number of aliphatic hydroxyl groups is 1. The molecule has 0 saturated heterocycles. The Hall–Kier alpha value is -2.30. The Morgan fingerprint density at radius 2 is 1.94 bits per heavy atom. The maximum absolute atomic E-state index is 11.7. The van der Waals surface area contributed by atoms with Crippen molar-refractivity contribution in [3.05, 3.63) is 64.2 Å². The molecule has 0 heterocycles. The smallest absolute Gasteiger partial charge is 0.338 e. The fourth-order valence-electron chi connectivity index (χ4n) is 3.22. The van der Waals surface area contributed by atoms with Crippen LogP contribution in [0.15, 0.2) is 42.5 Å². The number of carbonyl (C=O) groups excluding carboxylic acids is 1. The van der Waals surface area contributed by atoms with E-state index in [4.69, 9.17) is 21.1 Å². The molecule has 180 valence electrons. The average molecular weight is 495 g/mol. The summed E-state index contributed by atoms with van der Waals surface area (Å²) < 4.78 is 10.6. The van der Waals surface area contributed by atoms with Crippen LogP contribution in [0.25, 0.3) is 0 Å². The van der Waals surface area contributed by atoms with E-state index in [1.165, 1.54) is 0 Å². The number of hydrogen-bond donors (Lipinski definition) is 2. The zero-order chi connectivity index (χ0) is 23.6. The number of benzene rings is 2. The fraction of sp³-hybridized carbons (Fsp3) is 0.440. The Balaban J connectivity index is 0.00000544. The van der Waals surface area contributed by atoms with Gasteiger partial charge in [0.1, 0.15) is 30.1 Å². The largest absolute Gasteiger partial charge is 0.489 e. The molecule has 0 radical (unpaired) electrons. The number of β-amino-alcohol motifs (C(OH)–C–C–N with tert-alkyl or cyclic N) is 1. The molecule has 2 N–H and O–H groups in total. The van der Waals surface area contributed by atoms with Gasteiger partial charge in [0, 0.05) is 12.1 Å². The molecule has 0 bridgehead atoms. The number of nitrogens with zero attached hydrogens (tertiary/aromatic N) is 1. The van der Waals surface area contributed by atoms with Gasteiger partial charge < -0.3 is 19.9 Å². The summed E-state index contributed by atoms with van der Waals surface area (Å²) in [5.41, 5.74) is 1.83. The van der Waals surface area contributed by atoms with Crippen LogP contribution in [0, 0.1) is 11.3 Å². The molecule has 6 nitrogen and oxygen atoms in total. The van der Waals surface area contributed by atoms with Gasteiger partial charge in [-0.05, 0) is 69.9 Å². The number of nitrogens with one attached hydrogen (secondary N) is 1. The van der Waals surface area contributed by atoms with Gasteiger partial charge in [0.05, 0.1) is 17.2 Å². The summed E-state index contributed by atoms with van der Waals surface area (Å²) >= 11 is 5.99. The lowest BCUT2D eigenvalue weighted by Gasteiger charge is -2.28. The molecule has 1 unspecified atom stereocenters. The molecule has 1 atom stereocenters. The van der Waals surface area contributed by atoms with Gasteiger partial charge in [-0.3, -0.25) is 0 Å². The summed E-state index contributed by atoms with van der Waals surface area (Å²) in [7, 11) is 0. The van der Waals surface area contributed by atoms with Crippen molar-refractivity contribution in [2.75, 3.05) is 19.8 Å². The van der Waals surface area contributed by atoms with E-state index in [1.54, 1.807) is 37.3 Å². The molecule has 2 aromatic carbocycles. The highest BCUT2D eigenvalue weighted by atomic mass is 35.5. The van der Waals surface area contributed by atoms with Crippen LogP contribution in [0.5, 0.6) is 5.75 Å². The van der Waals surface area contributed by atoms with Crippen LogP contribution in [0.2, 0.25) is 5.02 Å².